The molecule has 1 amide bonds. The number of rotatable bonds is 7. The van der Waals surface area contributed by atoms with Gasteiger partial charge in [-0.3, -0.25) is 4.90 Å². The van der Waals surface area contributed by atoms with Crippen molar-refractivity contribution in [2.75, 3.05) is 44.8 Å². The Morgan fingerprint density at radius 2 is 2.00 bits per heavy atom. The molecule has 9 nitrogen and oxygen atoms in total. The summed E-state index contributed by atoms with van der Waals surface area (Å²) in [5.74, 6) is -0.298. The molecule has 2 aromatic carbocycles. The molecule has 1 N–H and O–H groups in total. The van der Waals surface area contributed by atoms with Gasteiger partial charge in [-0.05, 0) is 55.0 Å². The molecule has 3 atom stereocenters. The normalized spacial score (nSPS) is 21.5. The number of methoxy groups -OCH3 is 2. The van der Waals surface area contributed by atoms with Crippen LogP contribution in [0.25, 0.3) is 6.08 Å². The molecule has 1 unspecified atom stereocenters. The first-order valence-corrected chi connectivity index (χ1v) is 14.0. The van der Waals surface area contributed by atoms with Crippen molar-refractivity contribution in [2.45, 2.75) is 36.2 Å². The van der Waals surface area contributed by atoms with Crippen molar-refractivity contribution in [1.29, 1.82) is 0 Å². The number of hydrogen-bond acceptors (Lipinski definition) is 8. The Hall–Kier alpha value is -3.12. The molecule has 1 aliphatic carbocycles. The second-order valence-electron chi connectivity index (χ2n) is 9.91. The van der Waals surface area contributed by atoms with Crippen molar-refractivity contribution in [3.8, 4) is 5.75 Å². The van der Waals surface area contributed by atoms with Gasteiger partial charge in [0, 0.05) is 31.1 Å². The minimum Gasteiger partial charge on any atom is -0.587 e. The van der Waals surface area contributed by atoms with E-state index in [9.17, 15) is 23.6 Å². The van der Waals surface area contributed by atoms with Gasteiger partial charge in [0.05, 0.1) is 26.9 Å². The fourth-order valence-electron chi connectivity index (χ4n) is 5.18. The molecule has 2 fully saturated rings. The predicted molar refractivity (Wildman–Crippen MR) is 143 cm³/mol. The van der Waals surface area contributed by atoms with Crippen molar-refractivity contribution in [1.82, 2.24) is 4.90 Å². The maximum Gasteiger partial charge on any atom is 0.456 e. The second-order valence-corrected chi connectivity index (χ2v) is 11.2. The average Bonchev–Trinajstić information content (AvgIpc) is 3.74. The summed E-state index contributed by atoms with van der Waals surface area (Å²) in [4.78, 5) is 28.3. The summed E-state index contributed by atoms with van der Waals surface area (Å²) in [6.45, 7) is 2.48. The van der Waals surface area contributed by atoms with Gasteiger partial charge in [-0.25, -0.2) is 14.0 Å². The molecule has 0 bridgehead atoms. The van der Waals surface area contributed by atoms with Crippen LogP contribution in [0.15, 0.2) is 41.3 Å². The minimum atomic E-state index is -2.23. The lowest BCUT2D eigenvalue weighted by atomic mass is 10.00. The average molecular weight is 559 g/mol. The van der Waals surface area contributed by atoms with Crippen LogP contribution in [0.3, 0.4) is 0 Å². The Bertz CT molecular complexity index is 1280. The summed E-state index contributed by atoms with van der Waals surface area (Å²) in [7, 11) is 2.37. The number of hydrogen-bond donors (Lipinski definition) is 1. The van der Waals surface area contributed by atoms with Crippen LogP contribution in [-0.2, 0) is 20.8 Å². The number of esters is 1. The summed E-state index contributed by atoms with van der Waals surface area (Å²) in [5, 5.41) is 9.72. The Balaban J connectivity index is 1.50. The van der Waals surface area contributed by atoms with E-state index in [1.54, 1.807) is 18.2 Å². The zero-order valence-corrected chi connectivity index (χ0v) is 22.6. The van der Waals surface area contributed by atoms with Gasteiger partial charge >= 0.3 is 12.1 Å². The second kappa shape index (κ2) is 11.5. The predicted octanol–water partition coefficient (Wildman–Crippen LogP) is 3.87. The molecule has 0 aromatic heterocycles. The summed E-state index contributed by atoms with van der Waals surface area (Å²) < 4.78 is 45.1. The first kappa shape index (κ1) is 27.4. The van der Waals surface area contributed by atoms with Crippen molar-refractivity contribution in [2.24, 2.45) is 5.92 Å². The van der Waals surface area contributed by atoms with Crippen molar-refractivity contribution in [3.05, 3.63) is 58.9 Å². The summed E-state index contributed by atoms with van der Waals surface area (Å²) in [6.07, 6.45) is 4.54. The number of carbonyl (C=O) groups is 2. The van der Waals surface area contributed by atoms with Gasteiger partial charge in [-0.2, -0.15) is 0 Å². The standard InChI is InChI=1S/C28H31FN2O7S/c1-36-27(33)25-23(7-6-21-22-15-18(22)16-38-26(21)25)31(28(34)37-2)39(35)24-8-5-19(29)14-17(24)4-3-11-30-12-9-20(32)10-13-30/h3-8,14,18,20,22,32H,9-13,15-16H2,1-2H3/b4-3-/t18-,22-,39?/m0/s1. The number of benzene rings is 2. The van der Waals surface area contributed by atoms with E-state index in [0.717, 1.165) is 42.6 Å². The van der Waals surface area contributed by atoms with Gasteiger partial charge in [0.1, 0.15) is 34.2 Å². The highest BCUT2D eigenvalue weighted by Crippen LogP contribution is 2.56. The number of aliphatic hydroxyl groups is 1. The van der Waals surface area contributed by atoms with Crippen LogP contribution < -0.4 is 9.04 Å². The van der Waals surface area contributed by atoms with Gasteiger partial charge in [-0.1, -0.05) is 22.5 Å². The van der Waals surface area contributed by atoms with Crippen molar-refractivity contribution < 1.29 is 37.8 Å². The van der Waals surface area contributed by atoms with E-state index >= 15 is 0 Å². The molecule has 2 heterocycles. The SMILES string of the molecule is COC(=O)c1c(N(C(=O)OC)[S+]([O-])c2ccc(F)cc2/C=C\CN2CCC(O)CC2)ccc2c1OC[C@@H]1C[C@H]21. The fourth-order valence-corrected chi connectivity index (χ4v) is 6.43. The van der Waals surface area contributed by atoms with Gasteiger partial charge in [-0.15, -0.1) is 0 Å². The first-order chi connectivity index (χ1) is 18.8. The zero-order chi connectivity index (χ0) is 27.7. The molecule has 2 aromatic rings. The number of likely N-dealkylation sites (tertiary alicyclic amines) is 1. The minimum absolute atomic E-state index is 0.00871. The largest absolute Gasteiger partial charge is 0.587 e. The topological polar surface area (TPSA) is 112 Å². The molecule has 208 valence electrons. The number of anilines is 1. The third-order valence-electron chi connectivity index (χ3n) is 7.42. The number of fused-ring (bicyclic) bond motifs is 3. The van der Waals surface area contributed by atoms with E-state index in [2.05, 4.69) is 4.90 Å². The first-order valence-electron chi connectivity index (χ1n) is 12.9. The smallest absolute Gasteiger partial charge is 0.456 e. The molecule has 1 saturated carbocycles. The molecule has 3 aliphatic rings. The Kier molecular flexibility index (Phi) is 8.13. The van der Waals surface area contributed by atoms with Crippen LogP contribution in [-0.4, -0.2) is 73.2 Å². The molecular formula is C28H31FN2O7S. The highest BCUT2D eigenvalue weighted by molar-refractivity contribution is 7.93. The van der Waals surface area contributed by atoms with E-state index in [0.29, 0.717) is 43.2 Å². The lowest BCUT2D eigenvalue weighted by molar-refractivity contribution is 0.0596. The lowest BCUT2D eigenvalue weighted by Gasteiger charge is -2.28. The van der Waals surface area contributed by atoms with E-state index < -0.39 is 29.2 Å². The van der Waals surface area contributed by atoms with Crippen LogP contribution in [0.1, 0.15) is 46.7 Å². The van der Waals surface area contributed by atoms with Crippen molar-refractivity contribution in [3.63, 3.8) is 0 Å². The maximum absolute atomic E-state index is 14.3. The van der Waals surface area contributed by atoms with E-state index in [-0.39, 0.29) is 28.2 Å². The van der Waals surface area contributed by atoms with Gasteiger partial charge in [0.15, 0.2) is 4.90 Å². The molecule has 2 aliphatic heterocycles. The third-order valence-corrected chi connectivity index (χ3v) is 8.85. The molecule has 0 radical (unpaired) electrons. The van der Waals surface area contributed by atoms with E-state index in [1.165, 1.54) is 19.2 Å². The Labute approximate surface area is 229 Å². The number of piperidine rings is 1. The molecule has 39 heavy (non-hydrogen) atoms. The Morgan fingerprint density at radius 3 is 2.72 bits per heavy atom. The highest BCUT2D eigenvalue weighted by Gasteiger charge is 2.47. The van der Waals surface area contributed by atoms with Crippen LogP contribution >= 0.6 is 0 Å². The maximum atomic E-state index is 14.3. The van der Waals surface area contributed by atoms with Crippen LogP contribution in [0.2, 0.25) is 0 Å². The number of carbonyl (C=O) groups excluding carboxylic acids is 2. The summed E-state index contributed by atoms with van der Waals surface area (Å²) in [5.41, 5.74) is 1.16. The zero-order valence-electron chi connectivity index (χ0n) is 21.8. The number of ether oxygens (including phenoxy) is 3. The number of aliphatic hydroxyl groups excluding tert-OH is 1. The third kappa shape index (κ3) is 5.62. The van der Waals surface area contributed by atoms with Crippen molar-refractivity contribution >= 4 is 35.2 Å². The Morgan fingerprint density at radius 1 is 1.23 bits per heavy atom. The van der Waals surface area contributed by atoms with Gasteiger partial charge < -0.3 is 23.9 Å². The quantitative estimate of drug-likeness (QED) is 0.403. The highest BCUT2D eigenvalue weighted by atomic mass is 32.2. The van der Waals surface area contributed by atoms with Crippen LogP contribution in [0.4, 0.5) is 14.9 Å². The molecule has 11 heteroatoms. The molecule has 0 spiro atoms. The monoisotopic (exact) mass is 558 g/mol. The molecule has 1 saturated heterocycles. The number of halogens is 1. The van der Waals surface area contributed by atoms with Gasteiger partial charge in [0.25, 0.3) is 0 Å². The number of nitrogens with zero attached hydrogens (tertiary/aromatic N) is 2. The molecular weight excluding hydrogens is 527 g/mol. The van der Waals surface area contributed by atoms with Gasteiger partial charge in [0.2, 0.25) is 0 Å². The number of amides is 1. The fraction of sp³-hybridized carbons (Fsp3) is 0.429. The van der Waals surface area contributed by atoms with Crippen LogP contribution in [0.5, 0.6) is 5.75 Å². The lowest BCUT2D eigenvalue weighted by Crippen LogP contribution is -2.38. The summed E-state index contributed by atoms with van der Waals surface area (Å²) >= 11 is -2.23. The summed E-state index contributed by atoms with van der Waals surface area (Å²) in [6, 6.07) is 7.07. The molecule has 5 rings (SSSR count). The van der Waals surface area contributed by atoms with Crippen LogP contribution in [0, 0.1) is 11.7 Å². The van der Waals surface area contributed by atoms with E-state index in [4.69, 9.17) is 14.2 Å². The van der Waals surface area contributed by atoms with E-state index in [1.807, 2.05) is 6.08 Å².